The zero-order valence-corrected chi connectivity index (χ0v) is 13.1. The molecule has 0 bridgehead atoms. The molecule has 0 N–H and O–H groups in total. The van der Waals surface area contributed by atoms with E-state index < -0.39 is 0 Å². The first-order valence-electron chi connectivity index (χ1n) is 7.61. The van der Waals surface area contributed by atoms with Gasteiger partial charge in [-0.2, -0.15) is 0 Å². The zero-order chi connectivity index (χ0) is 14.0. The standard InChI is InChI=1S/C18H28O/c1-13(2)16-7-6-15(18(3,4)5)12-17(16)14-8-10-19-11-9-14/h6-7,12-14H,8-11H2,1-5H3. The molecule has 1 aliphatic heterocycles. The summed E-state index contributed by atoms with van der Waals surface area (Å²) in [6, 6.07) is 7.14. The predicted molar refractivity (Wildman–Crippen MR) is 82.0 cm³/mol. The van der Waals surface area contributed by atoms with Gasteiger partial charge in [0.05, 0.1) is 0 Å². The van der Waals surface area contributed by atoms with Crippen molar-refractivity contribution in [3.63, 3.8) is 0 Å². The van der Waals surface area contributed by atoms with Gasteiger partial charge in [0.1, 0.15) is 0 Å². The minimum atomic E-state index is 0.232. The molecule has 0 amide bonds. The van der Waals surface area contributed by atoms with E-state index >= 15 is 0 Å². The molecule has 1 aliphatic rings. The Bertz CT molecular complexity index is 420. The molecule has 0 aromatic heterocycles. The summed E-state index contributed by atoms with van der Waals surface area (Å²) >= 11 is 0. The maximum atomic E-state index is 5.52. The predicted octanol–water partition coefficient (Wildman–Crippen LogP) is 5.00. The second-order valence-corrected chi connectivity index (χ2v) is 7.14. The molecule has 1 fully saturated rings. The van der Waals surface area contributed by atoms with Crippen molar-refractivity contribution < 1.29 is 4.74 Å². The first kappa shape index (κ1) is 14.6. The molecule has 2 rings (SSSR count). The van der Waals surface area contributed by atoms with Gasteiger partial charge in [-0.15, -0.1) is 0 Å². The maximum Gasteiger partial charge on any atom is 0.0471 e. The summed E-state index contributed by atoms with van der Waals surface area (Å²) in [5.74, 6) is 1.29. The lowest BCUT2D eigenvalue weighted by molar-refractivity contribution is 0.0851. The van der Waals surface area contributed by atoms with Gasteiger partial charge in [0.15, 0.2) is 0 Å². The first-order chi connectivity index (χ1) is 8.89. The van der Waals surface area contributed by atoms with Gasteiger partial charge < -0.3 is 4.74 Å². The highest BCUT2D eigenvalue weighted by Crippen LogP contribution is 2.35. The molecule has 0 radical (unpaired) electrons. The van der Waals surface area contributed by atoms with E-state index in [4.69, 9.17) is 4.74 Å². The first-order valence-corrected chi connectivity index (χ1v) is 7.61. The summed E-state index contributed by atoms with van der Waals surface area (Å²) < 4.78 is 5.52. The molecule has 1 aromatic rings. The van der Waals surface area contributed by atoms with Crippen molar-refractivity contribution in [1.29, 1.82) is 0 Å². The van der Waals surface area contributed by atoms with Gasteiger partial charge in [-0.3, -0.25) is 0 Å². The minimum absolute atomic E-state index is 0.232. The van der Waals surface area contributed by atoms with E-state index in [1.54, 1.807) is 5.56 Å². The molecule has 1 heterocycles. The summed E-state index contributed by atoms with van der Waals surface area (Å²) in [4.78, 5) is 0. The summed E-state index contributed by atoms with van der Waals surface area (Å²) in [7, 11) is 0. The fourth-order valence-electron chi connectivity index (χ4n) is 2.93. The van der Waals surface area contributed by atoms with Gasteiger partial charge >= 0.3 is 0 Å². The third kappa shape index (κ3) is 3.39. The van der Waals surface area contributed by atoms with Gasteiger partial charge in [0.2, 0.25) is 0 Å². The highest BCUT2D eigenvalue weighted by molar-refractivity contribution is 5.39. The number of ether oxygens (including phenoxy) is 1. The van der Waals surface area contributed by atoms with Crippen LogP contribution in [-0.2, 0) is 10.2 Å². The summed E-state index contributed by atoms with van der Waals surface area (Å²) in [5.41, 5.74) is 4.79. The highest BCUT2D eigenvalue weighted by atomic mass is 16.5. The fourth-order valence-corrected chi connectivity index (χ4v) is 2.93. The van der Waals surface area contributed by atoms with E-state index in [0.29, 0.717) is 11.8 Å². The average Bonchev–Trinajstić information content (AvgIpc) is 2.38. The van der Waals surface area contributed by atoms with Crippen LogP contribution in [0.15, 0.2) is 18.2 Å². The van der Waals surface area contributed by atoms with Crippen molar-refractivity contribution in [2.75, 3.05) is 13.2 Å². The zero-order valence-electron chi connectivity index (χ0n) is 13.1. The number of rotatable bonds is 2. The normalized spacial score (nSPS) is 18.0. The molecule has 0 saturated carbocycles. The van der Waals surface area contributed by atoms with Crippen molar-refractivity contribution >= 4 is 0 Å². The Morgan fingerprint density at radius 1 is 1.11 bits per heavy atom. The summed E-state index contributed by atoms with van der Waals surface area (Å²) in [6.45, 7) is 13.3. The number of benzene rings is 1. The van der Waals surface area contributed by atoms with Gasteiger partial charge in [-0.05, 0) is 46.8 Å². The lowest BCUT2D eigenvalue weighted by Crippen LogP contribution is -2.18. The van der Waals surface area contributed by atoms with Crippen LogP contribution in [0.1, 0.15) is 76.0 Å². The monoisotopic (exact) mass is 260 g/mol. The molecule has 19 heavy (non-hydrogen) atoms. The Balaban J connectivity index is 2.41. The highest BCUT2D eigenvalue weighted by Gasteiger charge is 2.22. The minimum Gasteiger partial charge on any atom is -0.381 e. The van der Waals surface area contributed by atoms with E-state index in [0.717, 1.165) is 13.2 Å². The van der Waals surface area contributed by atoms with Crippen molar-refractivity contribution in [1.82, 2.24) is 0 Å². The average molecular weight is 260 g/mol. The van der Waals surface area contributed by atoms with E-state index in [1.807, 2.05) is 0 Å². The van der Waals surface area contributed by atoms with E-state index in [9.17, 15) is 0 Å². The number of hydrogen-bond acceptors (Lipinski definition) is 1. The smallest absolute Gasteiger partial charge is 0.0471 e. The lowest BCUT2D eigenvalue weighted by atomic mass is 9.79. The van der Waals surface area contributed by atoms with Crippen LogP contribution in [0.4, 0.5) is 0 Å². The van der Waals surface area contributed by atoms with Crippen molar-refractivity contribution in [2.24, 2.45) is 0 Å². The van der Waals surface area contributed by atoms with Gasteiger partial charge in [-0.25, -0.2) is 0 Å². The Kier molecular flexibility index (Phi) is 4.35. The molecule has 1 aromatic carbocycles. The summed E-state index contributed by atoms with van der Waals surface area (Å²) in [5, 5.41) is 0. The Labute approximate surface area is 118 Å². The second kappa shape index (κ2) is 5.66. The molecular weight excluding hydrogens is 232 g/mol. The van der Waals surface area contributed by atoms with Crippen LogP contribution in [0.25, 0.3) is 0 Å². The summed E-state index contributed by atoms with van der Waals surface area (Å²) in [6.07, 6.45) is 2.35. The Morgan fingerprint density at radius 3 is 2.26 bits per heavy atom. The van der Waals surface area contributed by atoms with Gasteiger partial charge in [0, 0.05) is 13.2 Å². The molecule has 1 saturated heterocycles. The Hall–Kier alpha value is -0.820. The molecular formula is C18H28O. The van der Waals surface area contributed by atoms with Gasteiger partial charge in [0.25, 0.3) is 0 Å². The molecule has 0 spiro atoms. The molecule has 0 atom stereocenters. The van der Waals surface area contributed by atoms with Crippen LogP contribution in [0.5, 0.6) is 0 Å². The van der Waals surface area contributed by atoms with Crippen LogP contribution in [0.2, 0.25) is 0 Å². The quantitative estimate of drug-likeness (QED) is 0.727. The SMILES string of the molecule is CC(C)c1ccc(C(C)(C)C)cc1C1CCOCC1. The van der Waals surface area contributed by atoms with Gasteiger partial charge in [-0.1, -0.05) is 52.8 Å². The van der Waals surface area contributed by atoms with Crippen molar-refractivity contribution in [2.45, 2.75) is 64.7 Å². The largest absolute Gasteiger partial charge is 0.381 e. The Morgan fingerprint density at radius 2 is 1.74 bits per heavy atom. The molecule has 106 valence electrons. The molecule has 1 heteroatoms. The van der Waals surface area contributed by atoms with E-state index in [2.05, 4.69) is 52.8 Å². The van der Waals surface area contributed by atoms with Crippen LogP contribution >= 0.6 is 0 Å². The maximum absolute atomic E-state index is 5.52. The van der Waals surface area contributed by atoms with Crippen LogP contribution in [0, 0.1) is 0 Å². The second-order valence-electron chi connectivity index (χ2n) is 7.14. The van der Waals surface area contributed by atoms with Crippen LogP contribution in [0.3, 0.4) is 0 Å². The molecule has 0 unspecified atom stereocenters. The fraction of sp³-hybridized carbons (Fsp3) is 0.667. The van der Waals surface area contributed by atoms with Crippen molar-refractivity contribution in [3.8, 4) is 0 Å². The number of hydrogen-bond donors (Lipinski definition) is 0. The topological polar surface area (TPSA) is 9.23 Å². The van der Waals surface area contributed by atoms with E-state index in [1.165, 1.54) is 24.0 Å². The van der Waals surface area contributed by atoms with E-state index in [-0.39, 0.29) is 5.41 Å². The third-order valence-electron chi connectivity index (χ3n) is 4.24. The van der Waals surface area contributed by atoms with Crippen LogP contribution in [-0.4, -0.2) is 13.2 Å². The molecule has 0 aliphatic carbocycles. The van der Waals surface area contributed by atoms with Crippen molar-refractivity contribution in [3.05, 3.63) is 34.9 Å². The third-order valence-corrected chi connectivity index (χ3v) is 4.24. The lowest BCUT2D eigenvalue weighted by Gasteiger charge is -2.28. The molecule has 1 nitrogen and oxygen atoms in total. The van der Waals surface area contributed by atoms with Crippen LogP contribution < -0.4 is 0 Å².